The van der Waals surface area contributed by atoms with Crippen molar-refractivity contribution in [3.05, 3.63) is 35.5 Å². The first-order chi connectivity index (χ1) is 11.7. The molecule has 0 saturated heterocycles. The Bertz CT molecular complexity index is 793. The summed E-state index contributed by atoms with van der Waals surface area (Å²) in [5, 5.41) is 0.993. The summed E-state index contributed by atoms with van der Waals surface area (Å²) in [6.45, 7) is 7.41. The Morgan fingerprint density at radius 2 is 2.00 bits per heavy atom. The molecule has 3 rings (SSSR count). The predicted octanol–water partition coefficient (Wildman–Crippen LogP) is 4.44. The number of carbonyl (C=O) groups is 1. The summed E-state index contributed by atoms with van der Waals surface area (Å²) >= 11 is 0. The van der Waals surface area contributed by atoms with E-state index in [9.17, 15) is 13.6 Å². The van der Waals surface area contributed by atoms with Gasteiger partial charge in [0.25, 0.3) is 6.43 Å². The molecule has 1 aromatic carbocycles. The van der Waals surface area contributed by atoms with E-state index in [1.165, 1.54) is 0 Å². The number of hydrogen-bond acceptors (Lipinski definition) is 3. The molecule has 6 heteroatoms. The van der Waals surface area contributed by atoms with Crippen molar-refractivity contribution in [2.75, 3.05) is 6.54 Å². The molecule has 0 amide bonds. The smallest absolute Gasteiger partial charge is 0.419 e. The van der Waals surface area contributed by atoms with E-state index in [2.05, 4.69) is 0 Å². The van der Waals surface area contributed by atoms with Gasteiger partial charge in [0.1, 0.15) is 5.60 Å². The van der Waals surface area contributed by atoms with Crippen molar-refractivity contribution in [2.24, 2.45) is 0 Å². The lowest BCUT2D eigenvalue weighted by Gasteiger charge is -2.34. The summed E-state index contributed by atoms with van der Waals surface area (Å²) in [4.78, 5) is 14.5. The predicted molar refractivity (Wildman–Crippen MR) is 93.2 cm³/mol. The largest absolute Gasteiger partial charge is 0.443 e. The zero-order valence-electron chi connectivity index (χ0n) is 15.1. The van der Waals surface area contributed by atoms with Crippen molar-refractivity contribution in [1.29, 1.82) is 0 Å². The first-order valence-corrected chi connectivity index (χ1v) is 8.54. The van der Waals surface area contributed by atoms with E-state index in [0.717, 1.165) is 22.2 Å². The molecule has 0 bridgehead atoms. The third-order valence-corrected chi connectivity index (χ3v) is 4.51. The maximum Gasteiger partial charge on any atom is 0.419 e. The molecule has 2 heterocycles. The number of alkyl halides is 2. The molecular formula is C19H24F2N2O2. The van der Waals surface area contributed by atoms with Crippen LogP contribution in [0, 0.1) is 0 Å². The van der Waals surface area contributed by atoms with Gasteiger partial charge in [-0.25, -0.2) is 18.1 Å². The first-order valence-electron chi connectivity index (χ1n) is 8.54. The van der Waals surface area contributed by atoms with Crippen LogP contribution in [0.25, 0.3) is 10.9 Å². The van der Waals surface area contributed by atoms with E-state index >= 15 is 0 Å². The number of halogens is 2. The van der Waals surface area contributed by atoms with E-state index in [0.29, 0.717) is 13.0 Å². The fourth-order valence-corrected chi connectivity index (χ4v) is 3.46. The minimum absolute atomic E-state index is 0.000562. The molecule has 2 aromatic rings. The summed E-state index contributed by atoms with van der Waals surface area (Å²) in [6.07, 6.45) is -2.22. The fourth-order valence-electron chi connectivity index (χ4n) is 3.46. The lowest BCUT2D eigenvalue weighted by molar-refractivity contribution is 0.0489. The van der Waals surface area contributed by atoms with Crippen molar-refractivity contribution in [3.63, 3.8) is 0 Å². The van der Waals surface area contributed by atoms with E-state index in [-0.39, 0.29) is 12.6 Å². The summed E-state index contributed by atoms with van der Waals surface area (Å²) in [5.74, 6) is 0. The van der Waals surface area contributed by atoms with Gasteiger partial charge in [-0.15, -0.1) is 0 Å². The van der Waals surface area contributed by atoms with Crippen LogP contribution in [0.1, 0.15) is 39.0 Å². The third kappa shape index (κ3) is 3.54. The van der Waals surface area contributed by atoms with Gasteiger partial charge in [-0.05, 0) is 45.7 Å². The van der Waals surface area contributed by atoms with E-state index in [1.54, 1.807) is 9.47 Å². The normalized spacial score (nSPS) is 18.6. The molecule has 0 fully saturated rings. The lowest BCUT2D eigenvalue weighted by Crippen LogP contribution is -2.42. The highest BCUT2D eigenvalue weighted by atomic mass is 19.3. The van der Waals surface area contributed by atoms with Crippen LogP contribution in [0.4, 0.5) is 13.6 Å². The standard InChI is InChI=1S/C19H24F2N2O2/c1-12-9-14-13-7-5-6-8-15(13)23(18(24)25-19(2,3)4)16(14)10-22(12)11-17(20)21/h5-8,12,17H,9-11H2,1-4H3/t12-/m1/s1. The van der Waals surface area contributed by atoms with Gasteiger partial charge < -0.3 is 4.74 Å². The molecule has 1 aromatic heterocycles. The molecule has 0 radical (unpaired) electrons. The van der Waals surface area contributed by atoms with Crippen LogP contribution < -0.4 is 0 Å². The van der Waals surface area contributed by atoms with Crippen LogP contribution in [-0.2, 0) is 17.7 Å². The van der Waals surface area contributed by atoms with Gasteiger partial charge >= 0.3 is 6.09 Å². The topological polar surface area (TPSA) is 34.5 Å². The van der Waals surface area contributed by atoms with E-state index in [4.69, 9.17) is 4.74 Å². The monoisotopic (exact) mass is 350 g/mol. The van der Waals surface area contributed by atoms with Gasteiger partial charge in [-0.2, -0.15) is 0 Å². The highest BCUT2D eigenvalue weighted by Gasteiger charge is 2.32. The van der Waals surface area contributed by atoms with Crippen LogP contribution in [-0.4, -0.2) is 40.2 Å². The van der Waals surface area contributed by atoms with Crippen molar-refractivity contribution >= 4 is 17.0 Å². The number of benzene rings is 1. The number of rotatable bonds is 2. The van der Waals surface area contributed by atoms with E-state index in [1.807, 2.05) is 52.0 Å². The van der Waals surface area contributed by atoms with Gasteiger partial charge in [-0.3, -0.25) is 4.90 Å². The minimum atomic E-state index is -2.40. The molecule has 1 aliphatic heterocycles. The minimum Gasteiger partial charge on any atom is -0.443 e. The molecule has 1 aliphatic rings. The van der Waals surface area contributed by atoms with Crippen LogP contribution in [0.5, 0.6) is 0 Å². The zero-order chi connectivity index (χ0) is 18.4. The molecule has 0 spiro atoms. The van der Waals surface area contributed by atoms with Gasteiger partial charge in [0, 0.05) is 23.7 Å². The summed E-state index contributed by atoms with van der Waals surface area (Å²) in [5.41, 5.74) is 1.96. The first kappa shape index (κ1) is 17.9. The highest BCUT2D eigenvalue weighted by Crippen LogP contribution is 2.33. The number of para-hydroxylation sites is 1. The maximum atomic E-state index is 12.9. The summed E-state index contributed by atoms with van der Waals surface area (Å²) < 4.78 is 32.9. The molecule has 0 aliphatic carbocycles. The average molecular weight is 350 g/mol. The maximum absolute atomic E-state index is 12.9. The second-order valence-corrected chi connectivity index (χ2v) is 7.63. The summed E-state index contributed by atoms with van der Waals surface area (Å²) in [6, 6.07) is 7.65. The number of fused-ring (bicyclic) bond motifs is 3. The Hall–Kier alpha value is -1.95. The number of ether oxygens (including phenoxy) is 1. The van der Waals surface area contributed by atoms with Gasteiger partial charge in [-0.1, -0.05) is 18.2 Å². The van der Waals surface area contributed by atoms with Crippen molar-refractivity contribution in [3.8, 4) is 0 Å². The Morgan fingerprint density at radius 1 is 1.32 bits per heavy atom. The van der Waals surface area contributed by atoms with Crippen LogP contribution in [0.15, 0.2) is 24.3 Å². The Morgan fingerprint density at radius 3 is 2.64 bits per heavy atom. The second kappa shape index (κ2) is 6.41. The molecule has 0 saturated carbocycles. The van der Waals surface area contributed by atoms with Gasteiger partial charge in [0.05, 0.1) is 12.1 Å². The number of carbonyl (C=O) groups excluding carboxylic acids is 1. The quantitative estimate of drug-likeness (QED) is 0.803. The van der Waals surface area contributed by atoms with Crippen LogP contribution >= 0.6 is 0 Å². The van der Waals surface area contributed by atoms with Gasteiger partial charge in [0.2, 0.25) is 0 Å². The van der Waals surface area contributed by atoms with E-state index < -0.39 is 18.1 Å². The SMILES string of the molecule is C[C@@H]1Cc2c(n(C(=O)OC(C)(C)C)c3ccccc23)CN1CC(F)F. The Labute approximate surface area is 146 Å². The zero-order valence-corrected chi connectivity index (χ0v) is 15.1. The number of aromatic nitrogens is 1. The van der Waals surface area contributed by atoms with Crippen molar-refractivity contribution in [1.82, 2.24) is 9.47 Å². The average Bonchev–Trinajstić information content (AvgIpc) is 2.79. The summed E-state index contributed by atoms with van der Waals surface area (Å²) in [7, 11) is 0. The Balaban J connectivity index is 2.10. The molecule has 1 atom stereocenters. The molecule has 25 heavy (non-hydrogen) atoms. The third-order valence-electron chi connectivity index (χ3n) is 4.51. The van der Waals surface area contributed by atoms with Crippen LogP contribution in [0.3, 0.4) is 0 Å². The molecule has 0 N–H and O–H groups in total. The fraction of sp³-hybridized carbons (Fsp3) is 0.526. The molecular weight excluding hydrogens is 326 g/mol. The Kier molecular flexibility index (Phi) is 4.58. The second-order valence-electron chi connectivity index (χ2n) is 7.63. The van der Waals surface area contributed by atoms with Crippen molar-refractivity contribution < 1.29 is 18.3 Å². The molecule has 136 valence electrons. The molecule has 0 unspecified atom stereocenters. The highest BCUT2D eigenvalue weighted by molar-refractivity contribution is 5.94. The van der Waals surface area contributed by atoms with Gasteiger partial charge in [0.15, 0.2) is 0 Å². The number of nitrogens with zero attached hydrogens (tertiary/aromatic N) is 2. The lowest BCUT2D eigenvalue weighted by atomic mass is 9.98. The number of hydrogen-bond donors (Lipinski definition) is 0. The van der Waals surface area contributed by atoms with Crippen molar-refractivity contribution in [2.45, 2.75) is 58.7 Å². The van der Waals surface area contributed by atoms with Crippen LogP contribution in [0.2, 0.25) is 0 Å². The molecule has 4 nitrogen and oxygen atoms in total.